The van der Waals surface area contributed by atoms with Crippen LogP contribution in [0.3, 0.4) is 0 Å². The Morgan fingerprint density at radius 3 is 1.72 bits per heavy atom. The van der Waals surface area contributed by atoms with Crippen LogP contribution in [0.15, 0.2) is 155 Å². The lowest BCUT2D eigenvalue weighted by molar-refractivity contribution is -0.877. The van der Waals surface area contributed by atoms with E-state index in [1.54, 1.807) is 12.1 Å². The number of halogens is 12. The molecule has 4 aliphatic heterocycles. The highest BCUT2D eigenvalue weighted by molar-refractivity contribution is 7.86. The molecule has 24 heteroatoms. The molecule has 78 heavy (non-hydrogen) atoms. The molecule has 1 saturated heterocycles. The van der Waals surface area contributed by atoms with Crippen LogP contribution in [0, 0.1) is 27.7 Å². The largest absolute Gasteiger partial charge is 0.741 e. The number of fused-ring (bicyclic) bond motifs is 2. The van der Waals surface area contributed by atoms with Crippen LogP contribution in [0.25, 0.3) is 23.5 Å². The van der Waals surface area contributed by atoms with Crippen molar-refractivity contribution < 1.29 is 83.1 Å². The molecule has 4 aromatic rings. The summed E-state index contributed by atoms with van der Waals surface area (Å²) in [4.78, 5) is 0. The van der Waals surface area contributed by atoms with Gasteiger partial charge in [-0.25, -0.2) is 8.42 Å². The summed E-state index contributed by atoms with van der Waals surface area (Å²) in [5.74, 6) is 0. The van der Waals surface area contributed by atoms with Crippen molar-refractivity contribution in [3.63, 3.8) is 0 Å². The Hall–Kier alpha value is -6.60. The first kappa shape index (κ1) is 59.1. The maximum absolute atomic E-state index is 13.7. The SMILES string of the molecule is Cc1cc(/C=C/C2=CNC=C3C(=C2)CCC2=C3C34CCCC[N+]3(C=CC=C4/C=C/c3cc(C)n(-c4cccc(C(F)(F)F)c4)c3C)C=CC2)c(C)n1-c1cccc(C(F)(F)F)c1.O=S(=O)(O)C(F)(F)F.O=S(=O)([O-])C(F)(F)F. The van der Waals surface area contributed by atoms with Crippen molar-refractivity contribution in [3.8, 4) is 11.4 Å². The zero-order chi connectivity index (χ0) is 57.6. The molecule has 2 aromatic carbocycles. The van der Waals surface area contributed by atoms with Gasteiger partial charge in [0.25, 0.3) is 0 Å². The molecule has 10 nitrogen and oxygen atoms in total. The molecule has 2 N–H and O–H groups in total. The average molecular weight is 1140 g/mol. The number of allylic oxidation sites excluding steroid dienone is 8. The van der Waals surface area contributed by atoms with Gasteiger partial charge >= 0.3 is 33.5 Å². The number of quaternary nitrogens is 1. The van der Waals surface area contributed by atoms with Crippen molar-refractivity contribution in [1.82, 2.24) is 14.5 Å². The zero-order valence-corrected chi connectivity index (χ0v) is 43.5. The molecular weight excluding hydrogens is 1090 g/mol. The van der Waals surface area contributed by atoms with E-state index >= 15 is 0 Å². The minimum Gasteiger partial charge on any atom is -0.741 e. The first-order valence-electron chi connectivity index (χ1n) is 23.8. The lowest BCUT2D eigenvalue weighted by Gasteiger charge is -2.55. The van der Waals surface area contributed by atoms with E-state index in [9.17, 15) is 52.7 Å². The highest BCUT2D eigenvalue weighted by atomic mass is 32.2. The van der Waals surface area contributed by atoms with E-state index in [0.717, 1.165) is 96.7 Å². The van der Waals surface area contributed by atoms with Crippen LogP contribution >= 0.6 is 0 Å². The van der Waals surface area contributed by atoms with Crippen LogP contribution in [0.1, 0.15) is 83.6 Å². The molecule has 2 unspecified atom stereocenters. The maximum Gasteiger partial charge on any atom is 0.522 e. The van der Waals surface area contributed by atoms with Crippen LogP contribution in [-0.4, -0.2) is 62.7 Å². The van der Waals surface area contributed by atoms with E-state index < -0.39 is 60.3 Å². The summed E-state index contributed by atoms with van der Waals surface area (Å²) in [5.41, 5.74) is 0.789. The van der Waals surface area contributed by atoms with E-state index in [1.807, 2.05) is 61.2 Å². The second kappa shape index (κ2) is 21.6. The van der Waals surface area contributed by atoms with Crippen LogP contribution in [-0.2, 0) is 32.6 Å². The average Bonchev–Trinajstić information content (AvgIpc) is 3.82. The van der Waals surface area contributed by atoms with E-state index in [2.05, 4.69) is 66.4 Å². The molecule has 0 amide bonds. The third-order valence-electron chi connectivity index (χ3n) is 14.0. The maximum atomic E-state index is 13.7. The predicted octanol–water partition coefficient (Wildman–Crippen LogP) is 14.2. The van der Waals surface area contributed by atoms with Gasteiger partial charge in [-0.3, -0.25) is 9.04 Å². The van der Waals surface area contributed by atoms with Gasteiger partial charge in [0, 0.05) is 69.7 Å². The van der Waals surface area contributed by atoms with Gasteiger partial charge in [-0.2, -0.15) is 61.1 Å². The monoisotopic (exact) mass is 1140 g/mol. The van der Waals surface area contributed by atoms with Crippen LogP contribution < -0.4 is 5.32 Å². The summed E-state index contributed by atoms with van der Waals surface area (Å²) in [6.45, 7) is 8.69. The Balaban J connectivity index is 0.000000480. The van der Waals surface area contributed by atoms with E-state index in [0.29, 0.717) is 15.9 Å². The summed E-state index contributed by atoms with van der Waals surface area (Å²) in [6.07, 6.45) is 23.4. The number of alkyl halides is 12. The number of benzene rings is 2. The van der Waals surface area contributed by atoms with Gasteiger partial charge in [-0.05, 0) is 155 Å². The number of aromatic nitrogens is 2. The summed E-state index contributed by atoms with van der Waals surface area (Å²) in [7, 11) is -11.9. The van der Waals surface area contributed by atoms with Gasteiger partial charge in [0.15, 0.2) is 15.7 Å². The third kappa shape index (κ3) is 12.0. The van der Waals surface area contributed by atoms with Gasteiger partial charge < -0.3 is 19.0 Å². The molecule has 0 radical (unpaired) electrons. The minimum absolute atomic E-state index is 0.396. The number of hydrogen-bond donors (Lipinski definition) is 2. The van der Waals surface area contributed by atoms with Crippen molar-refractivity contribution in [2.24, 2.45) is 0 Å². The Morgan fingerprint density at radius 2 is 1.22 bits per heavy atom. The summed E-state index contributed by atoms with van der Waals surface area (Å²) < 4.78 is 203. The van der Waals surface area contributed by atoms with Crippen molar-refractivity contribution in [3.05, 3.63) is 200 Å². The van der Waals surface area contributed by atoms with Crippen LogP contribution in [0.5, 0.6) is 0 Å². The van der Waals surface area contributed by atoms with E-state index in [1.165, 1.54) is 52.1 Å². The molecule has 1 fully saturated rings. The molecule has 9 rings (SSSR count). The van der Waals surface area contributed by atoms with Gasteiger partial charge in [-0.15, -0.1) is 0 Å². The third-order valence-corrected chi connectivity index (χ3v) is 15.2. The lowest BCUT2D eigenvalue weighted by Crippen LogP contribution is -2.63. The van der Waals surface area contributed by atoms with Crippen LogP contribution in [0.4, 0.5) is 52.7 Å². The Kier molecular flexibility index (Phi) is 16.3. The topological polar surface area (TPSA) is 133 Å². The first-order chi connectivity index (χ1) is 36.1. The highest BCUT2D eigenvalue weighted by Gasteiger charge is 2.59. The highest BCUT2D eigenvalue weighted by Crippen LogP contribution is 2.57. The van der Waals surface area contributed by atoms with Crippen LogP contribution in [0.2, 0.25) is 0 Å². The number of hydrogen-bond acceptors (Lipinski definition) is 6. The van der Waals surface area contributed by atoms with Crippen molar-refractivity contribution in [1.29, 1.82) is 0 Å². The van der Waals surface area contributed by atoms with Gasteiger partial charge in [0.2, 0.25) is 0 Å². The van der Waals surface area contributed by atoms with Crippen molar-refractivity contribution >= 4 is 32.4 Å². The second-order valence-corrected chi connectivity index (χ2v) is 21.7. The summed E-state index contributed by atoms with van der Waals surface area (Å²) in [5, 5.41) is 3.54. The molecule has 5 aliphatic rings. The summed E-state index contributed by atoms with van der Waals surface area (Å²) in [6, 6.07) is 15.0. The molecule has 6 heterocycles. The van der Waals surface area contributed by atoms with Gasteiger partial charge in [0.05, 0.1) is 23.9 Å². The number of piperidine rings is 1. The standard InChI is InChI=1S/C52H49F6N4.2CHF3O3S/c1-34-27-40(36(3)60(34)46-15-7-12-44(30-46)51(53,54)55)18-17-38-29-42-20-19-39-11-9-25-62-24-6-5-23-50(62,49(39)48(42)33-59-32-38)43(14-10-26-62)22-21-41-28-35(2)61(37(41)4)47-16-8-13-45(31-47)52(56,57)58;2*2-1(3,4)8(5,6)7/h7-10,12-18,21-22,25-33,59H,5-6,11,19-20,23-24H2,1-4H3;2*(H,5,6,7)/q+1;;/p-1/b18-17+,22-21+;;. The molecule has 0 spiro atoms. The number of aryl methyl sites for hydroxylation is 2. The summed E-state index contributed by atoms with van der Waals surface area (Å²) >= 11 is 0. The normalized spacial score (nSPS) is 20.8. The molecule has 418 valence electrons. The lowest BCUT2D eigenvalue weighted by atomic mass is 9.64. The van der Waals surface area contributed by atoms with E-state index in [-0.39, 0.29) is 0 Å². The fraction of sp³-hybridized carbons (Fsp3) is 0.296. The second-order valence-electron chi connectivity index (χ2n) is 18.9. The Bertz CT molecular complexity index is 3490. The fourth-order valence-electron chi connectivity index (χ4n) is 10.7. The number of nitrogens with one attached hydrogen (secondary N) is 1. The quantitative estimate of drug-likeness (QED) is 0.0850. The Morgan fingerprint density at radius 1 is 0.692 bits per heavy atom. The molecule has 2 atom stereocenters. The minimum atomic E-state index is -6.09. The fourth-order valence-corrected chi connectivity index (χ4v) is 10.7. The number of nitrogens with zero attached hydrogens (tertiary/aromatic N) is 3. The first-order valence-corrected chi connectivity index (χ1v) is 26.7. The smallest absolute Gasteiger partial charge is 0.522 e. The number of rotatable bonds is 6. The van der Waals surface area contributed by atoms with E-state index in [4.69, 9.17) is 25.9 Å². The Labute approximate surface area is 441 Å². The van der Waals surface area contributed by atoms with Gasteiger partial charge in [0.1, 0.15) is 6.20 Å². The van der Waals surface area contributed by atoms with Gasteiger partial charge in [-0.1, -0.05) is 42.0 Å². The van der Waals surface area contributed by atoms with Crippen molar-refractivity contribution in [2.75, 3.05) is 6.54 Å². The molecule has 2 aromatic heterocycles. The molecule has 1 aliphatic carbocycles. The zero-order valence-electron chi connectivity index (χ0n) is 41.8. The van der Waals surface area contributed by atoms with Crippen molar-refractivity contribution in [2.45, 2.75) is 95.1 Å². The predicted molar refractivity (Wildman–Crippen MR) is 268 cm³/mol. The molecular formula is C54H50F12N4O6S2. The molecule has 0 saturated carbocycles. The molecule has 0 bridgehead atoms.